The molecule has 3 aliphatic heterocycles. The summed E-state index contributed by atoms with van der Waals surface area (Å²) < 4.78 is 4.98. The Hall–Kier alpha value is -1.80. The van der Waals surface area contributed by atoms with Gasteiger partial charge in [0.05, 0.1) is 23.2 Å². The van der Waals surface area contributed by atoms with Crippen LogP contribution in [0.25, 0.3) is 0 Å². The maximum absolute atomic E-state index is 14.5. The topological polar surface area (TPSA) is 87.2 Å². The lowest BCUT2D eigenvalue weighted by Gasteiger charge is -2.43. The zero-order valence-electron chi connectivity index (χ0n) is 22.3. The van der Waals surface area contributed by atoms with E-state index >= 15 is 0 Å². The Labute approximate surface area is 226 Å². The van der Waals surface area contributed by atoms with E-state index < -0.39 is 22.6 Å². The molecule has 0 aromatic rings. The molecule has 2 bridgehead atoms. The van der Waals surface area contributed by atoms with Crippen molar-refractivity contribution < 1.29 is 24.2 Å². The number of unbranched alkanes of at least 4 members (excludes halogenated alkanes) is 2. The number of rotatable bonds is 13. The van der Waals surface area contributed by atoms with Gasteiger partial charge in [-0.15, -0.1) is 24.9 Å². The first-order chi connectivity index (χ1) is 17.9. The van der Waals surface area contributed by atoms with Gasteiger partial charge in [0.25, 0.3) is 0 Å². The molecule has 4 aliphatic rings. The molecular weight excluding hydrogens is 488 g/mol. The molecule has 0 aromatic heterocycles. The van der Waals surface area contributed by atoms with Gasteiger partial charge in [0, 0.05) is 31.0 Å². The van der Waals surface area contributed by atoms with Crippen LogP contribution in [0.5, 0.6) is 0 Å². The largest absolute Gasteiger partial charge is 0.465 e. The number of esters is 1. The van der Waals surface area contributed by atoms with Gasteiger partial charge in [0.15, 0.2) is 0 Å². The highest BCUT2D eigenvalue weighted by Crippen LogP contribution is 2.68. The van der Waals surface area contributed by atoms with Gasteiger partial charge in [-0.25, -0.2) is 0 Å². The van der Waals surface area contributed by atoms with Gasteiger partial charge in [0.2, 0.25) is 11.8 Å². The van der Waals surface area contributed by atoms with E-state index in [1.54, 1.807) is 28.8 Å². The lowest BCUT2D eigenvalue weighted by atomic mass is 9.66. The first-order valence-electron chi connectivity index (χ1n) is 14.2. The number of thioether (sulfide) groups is 1. The van der Waals surface area contributed by atoms with Crippen molar-refractivity contribution in [2.45, 2.75) is 93.2 Å². The molecular formula is C29H44N2O5S. The van der Waals surface area contributed by atoms with Crippen LogP contribution >= 0.6 is 11.8 Å². The third-order valence-corrected chi connectivity index (χ3v) is 11.1. The number of likely N-dealkylation sites (tertiary alicyclic amines) is 1. The van der Waals surface area contributed by atoms with Crippen LogP contribution in [0.1, 0.15) is 71.1 Å². The summed E-state index contributed by atoms with van der Waals surface area (Å²) in [4.78, 5) is 45.8. The molecule has 8 heteroatoms. The van der Waals surface area contributed by atoms with E-state index in [4.69, 9.17) is 4.74 Å². The molecule has 1 spiro atoms. The number of hydrogen-bond donors (Lipinski definition) is 1. The monoisotopic (exact) mass is 532 g/mol. The second kappa shape index (κ2) is 12.4. The summed E-state index contributed by atoms with van der Waals surface area (Å²) in [6.45, 7) is 11.1. The summed E-state index contributed by atoms with van der Waals surface area (Å²) >= 11 is 1.71. The van der Waals surface area contributed by atoms with Crippen molar-refractivity contribution in [1.29, 1.82) is 0 Å². The lowest BCUT2D eigenvalue weighted by Crippen LogP contribution is -2.59. The Balaban J connectivity index is 1.68. The standard InChI is InChI=1S/C29H44N2O5S/c1-4-6-18-36-28(35)23-22-19-20(3)29(37-22)24(23)26(33)31(16-11-8-12-17-32)25(29)27(34)30(15-5-2)21-13-9-7-10-14-21/h4-5,20-25,32H,1-2,6-19H2,3H3/t20?,22-,23+,24-,25?,29?/m0/s1. The third kappa shape index (κ3) is 5.12. The van der Waals surface area contributed by atoms with Crippen molar-refractivity contribution in [3.63, 3.8) is 0 Å². The Morgan fingerprint density at radius 2 is 1.95 bits per heavy atom. The van der Waals surface area contributed by atoms with E-state index in [1.807, 2.05) is 4.90 Å². The van der Waals surface area contributed by atoms with Crippen LogP contribution in [-0.2, 0) is 19.1 Å². The van der Waals surface area contributed by atoms with Crippen molar-refractivity contribution in [3.05, 3.63) is 25.3 Å². The predicted octanol–water partition coefficient (Wildman–Crippen LogP) is 3.95. The number of aliphatic hydroxyl groups excluding tert-OH is 1. The van der Waals surface area contributed by atoms with E-state index in [1.165, 1.54) is 6.42 Å². The molecule has 3 saturated heterocycles. The molecule has 3 unspecified atom stereocenters. The van der Waals surface area contributed by atoms with Crippen molar-refractivity contribution in [2.75, 3.05) is 26.3 Å². The van der Waals surface area contributed by atoms with Crippen molar-refractivity contribution in [1.82, 2.24) is 9.80 Å². The van der Waals surface area contributed by atoms with Gasteiger partial charge in [-0.2, -0.15) is 0 Å². The van der Waals surface area contributed by atoms with Crippen LogP contribution in [0.15, 0.2) is 25.3 Å². The number of fused-ring (bicyclic) bond motifs is 1. The molecule has 0 radical (unpaired) electrons. The summed E-state index contributed by atoms with van der Waals surface area (Å²) in [6.07, 6.45) is 12.5. The van der Waals surface area contributed by atoms with Gasteiger partial charge in [-0.05, 0) is 50.9 Å². The second-order valence-electron chi connectivity index (χ2n) is 11.2. The smallest absolute Gasteiger partial charge is 0.310 e. The second-order valence-corrected chi connectivity index (χ2v) is 12.7. The van der Waals surface area contributed by atoms with Gasteiger partial charge in [-0.3, -0.25) is 14.4 Å². The fourth-order valence-electron chi connectivity index (χ4n) is 7.33. The molecule has 1 saturated carbocycles. The van der Waals surface area contributed by atoms with E-state index in [0.717, 1.165) is 44.9 Å². The van der Waals surface area contributed by atoms with Crippen LogP contribution in [-0.4, -0.2) is 81.1 Å². The quantitative estimate of drug-likeness (QED) is 0.220. The summed E-state index contributed by atoms with van der Waals surface area (Å²) in [7, 11) is 0. The Morgan fingerprint density at radius 1 is 1.19 bits per heavy atom. The third-order valence-electron chi connectivity index (χ3n) is 9.00. The number of hydrogen-bond acceptors (Lipinski definition) is 6. The molecule has 3 heterocycles. The molecule has 2 amide bonds. The molecule has 7 nitrogen and oxygen atoms in total. The molecule has 4 rings (SSSR count). The van der Waals surface area contributed by atoms with E-state index in [9.17, 15) is 19.5 Å². The Morgan fingerprint density at radius 3 is 2.62 bits per heavy atom. The van der Waals surface area contributed by atoms with Gasteiger partial charge in [-0.1, -0.05) is 38.3 Å². The molecule has 1 aliphatic carbocycles. The highest BCUT2D eigenvalue weighted by atomic mass is 32.2. The number of ether oxygens (including phenoxy) is 1. The Bertz CT molecular complexity index is 874. The molecule has 6 atom stereocenters. The summed E-state index contributed by atoms with van der Waals surface area (Å²) in [6, 6.07) is -0.420. The van der Waals surface area contributed by atoms with Gasteiger partial charge in [0.1, 0.15) is 6.04 Å². The van der Waals surface area contributed by atoms with Crippen molar-refractivity contribution in [2.24, 2.45) is 17.8 Å². The van der Waals surface area contributed by atoms with E-state index in [2.05, 4.69) is 20.1 Å². The van der Waals surface area contributed by atoms with Crippen LogP contribution in [0, 0.1) is 17.8 Å². The molecule has 0 aromatic carbocycles. The Kier molecular flexibility index (Phi) is 9.43. The zero-order chi connectivity index (χ0) is 26.6. The van der Waals surface area contributed by atoms with Gasteiger partial charge >= 0.3 is 5.97 Å². The molecule has 206 valence electrons. The minimum absolute atomic E-state index is 0.00504. The maximum atomic E-state index is 14.5. The first kappa shape index (κ1) is 28.2. The fourth-order valence-corrected chi connectivity index (χ4v) is 9.73. The normalized spacial score (nSPS) is 32.9. The van der Waals surface area contributed by atoms with Crippen molar-refractivity contribution in [3.8, 4) is 0 Å². The SMILES string of the molecule is C=CCCOC(=O)[C@@H]1[C@@H]2CC(C)C3(S2)C(C(=O)N(CC=C)C2CCCCC2)N(CCCCCO)C(=O)[C@H]13. The summed E-state index contributed by atoms with van der Waals surface area (Å²) in [5.74, 6) is -1.27. The fraction of sp³-hybridized carbons (Fsp3) is 0.759. The number of carbonyl (C=O) groups is 3. The minimum atomic E-state index is -0.619. The molecule has 37 heavy (non-hydrogen) atoms. The van der Waals surface area contributed by atoms with Crippen LogP contribution in [0.4, 0.5) is 0 Å². The summed E-state index contributed by atoms with van der Waals surface area (Å²) in [5.41, 5.74) is 0. The minimum Gasteiger partial charge on any atom is -0.465 e. The number of aliphatic hydroxyl groups is 1. The number of amides is 2. The number of carbonyl (C=O) groups excluding carboxylic acids is 3. The first-order valence-corrected chi connectivity index (χ1v) is 15.1. The highest BCUT2D eigenvalue weighted by molar-refractivity contribution is 8.02. The van der Waals surface area contributed by atoms with E-state index in [-0.39, 0.29) is 48.2 Å². The van der Waals surface area contributed by atoms with Crippen LogP contribution in [0.3, 0.4) is 0 Å². The van der Waals surface area contributed by atoms with Gasteiger partial charge < -0.3 is 19.6 Å². The highest BCUT2D eigenvalue weighted by Gasteiger charge is 2.76. The summed E-state index contributed by atoms with van der Waals surface area (Å²) in [5, 5.41) is 9.25. The predicted molar refractivity (Wildman–Crippen MR) is 146 cm³/mol. The average molecular weight is 533 g/mol. The van der Waals surface area contributed by atoms with E-state index in [0.29, 0.717) is 25.9 Å². The number of nitrogens with zero attached hydrogens (tertiary/aromatic N) is 2. The molecule has 4 fully saturated rings. The molecule has 1 N–H and O–H groups in total. The average Bonchev–Trinajstić information content (AvgIpc) is 3.49. The maximum Gasteiger partial charge on any atom is 0.310 e. The van der Waals surface area contributed by atoms with Crippen molar-refractivity contribution >= 4 is 29.5 Å². The lowest BCUT2D eigenvalue weighted by molar-refractivity contribution is -0.154. The van der Waals surface area contributed by atoms with Crippen LogP contribution in [0.2, 0.25) is 0 Å². The van der Waals surface area contributed by atoms with Crippen LogP contribution < -0.4 is 0 Å². The zero-order valence-corrected chi connectivity index (χ0v) is 23.1.